The zero-order valence-electron chi connectivity index (χ0n) is 10.8. The Labute approximate surface area is 95.2 Å². The van der Waals surface area contributed by atoms with E-state index in [0.717, 1.165) is 6.54 Å². The molecule has 0 aliphatic carbocycles. The number of nitrogens with two attached hydrogens (primary N) is 1. The SMILES string of the molecule is CCC(CN)N1CCC(CC)(CC)CC1. The van der Waals surface area contributed by atoms with Crippen LogP contribution in [0.25, 0.3) is 0 Å². The molecule has 1 atom stereocenters. The van der Waals surface area contributed by atoms with Crippen molar-refractivity contribution < 1.29 is 0 Å². The van der Waals surface area contributed by atoms with E-state index in [1.165, 1.54) is 45.2 Å². The molecule has 1 fully saturated rings. The van der Waals surface area contributed by atoms with Gasteiger partial charge in [0.05, 0.1) is 0 Å². The summed E-state index contributed by atoms with van der Waals surface area (Å²) in [5.74, 6) is 0. The van der Waals surface area contributed by atoms with E-state index >= 15 is 0 Å². The van der Waals surface area contributed by atoms with Gasteiger partial charge in [-0.05, 0) is 37.8 Å². The fourth-order valence-corrected chi connectivity index (χ4v) is 2.89. The lowest BCUT2D eigenvalue weighted by Crippen LogP contribution is -2.47. The van der Waals surface area contributed by atoms with Gasteiger partial charge in [0.25, 0.3) is 0 Å². The van der Waals surface area contributed by atoms with Crippen LogP contribution in [0.5, 0.6) is 0 Å². The summed E-state index contributed by atoms with van der Waals surface area (Å²) < 4.78 is 0. The minimum absolute atomic E-state index is 0.622. The van der Waals surface area contributed by atoms with E-state index in [0.29, 0.717) is 11.5 Å². The first-order valence-corrected chi connectivity index (χ1v) is 6.65. The highest BCUT2D eigenvalue weighted by Gasteiger charge is 2.32. The zero-order chi connectivity index (χ0) is 11.3. The van der Waals surface area contributed by atoms with E-state index in [4.69, 9.17) is 5.73 Å². The lowest BCUT2D eigenvalue weighted by Gasteiger charge is -2.43. The third-order valence-corrected chi connectivity index (χ3v) is 4.62. The molecular weight excluding hydrogens is 184 g/mol. The summed E-state index contributed by atoms with van der Waals surface area (Å²) in [6.45, 7) is 10.3. The fourth-order valence-electron chi connectivity index (χ4n) is 2.89. The molecule has 0 radical (unpaired) electrons. The molecule has 0 saturated carbocycles. The molecule has 1 saturated heterocycles. The molecule has 2 heteroatoms. The third-order valence-electron chi connectivity index (χ3n) is 4.62. The van der Waals surface area contributed by atoms with Gasteiger partial charge in [0.1, 0.15) is 0 Å². The molecule has 0 bridgehead atoms. The maximum Gasteiger partial charge on any atom is 0.0215 e. The molecule has 90 valence electrons. The Morgan fingerprint density at radius 2 is 1.67 bits per heavy atom. The van der Waals surface area contributed by atoms with E-state index < -0.39 is 0 Å². The Balaban J connectivity index is 2.47. The first-order chi connectivity index (χ1) is 7.21. The molecule has 0 aromatic carbocycles. The summed E-state index contributed by atoms with van der Waals surface area (Å²) in [7, 11) is 0. The van der Waals surface area contributed by atoms with Gasteiger partial charge in [0.15, 0.2) is 0 Å². The van der Waals surface area contributed by atoms with Crippen LogP contribution in [0.4, 0.5) is 0 Å². The Morgan fingerprint density at radius 1 is 1.13 bits per heavy atom. The largest absolute Gasteiger partial charge is 0.329 e. The van der Waals surface area contributed by atoms with E-state index in [2.05, 4.69) is 25.7 Å². The molecular formula is C13H28N2. The highest BCUT2D eigenvalue weighted by Crippen LogP contribution is 2.38. The van der Waals surface area contributed by atoms with Crippen LogP contribution in [-0.2, 0) is 0 Å². The minimum Gasteiger partial charge on any atom is -0.329 e. The van der Waals surface area contributed by atoms with Gasteiger partial charge < -0.3 is 5.73 Å². The van der Waals surface area contributed by atoms with Crippen molar-refractivity contribution in [1.29, 1.82) is 0 Å². The molecule has 2 N–H and O–H groups in total. The van der Waals surface area contributed by atoms with Crippen molar-refractivity contribution in [1.82, 2.24) is 4.90 Å². The summed E-state index contributed by atoms with van der Waals surface area (Å²) in [5.41, 5.74) is 6.45. The van der Waals surface area contributed by atoms with Crippen molar-refractivity contribution in [2.75, 3.05) is 19.6 Å². The number of hydrogen-bond donors (Lipinski definition) is 1. The summed E-state index contributed by atoms with van der Waals surface area (Å²) in [5, 5.41) is 0. The molecule has 1 aliphatic heterocycles. The van der Waals surface area contributed by atoms with Gasteiger partial charge >= 0.3 is 0 Å². The summed E-state index contributed by atoms with van der Waals surface area (Å²) in [6.07, 6.45) is 6.63. The topological polar surface area (TPSA) is 29.3 Å². The maximum atomic E-state index is 5.81. The molecule has 2 nitrogen and oxygen atoms in total. The van der Waals surface area contributed by atoms with Gasteiger partial charge in [-0.1, -0.05) is 33.6 Å². The minimum atomic E-state index is 0.622. The second-order valence-electron chi connectivity index (χ2n) is 5.04. The van der Waals surface area contributed by atoms with Crippen LogP contribution >= 0.6 is 0 Å². The van der Waals surface area contributed by atoms with Gasteiger partial charge in [0.2, 0.25) is 0 Å². The lowest BCUT2D eigenvalue weighted by molar-refractivity contribution is 0.0670. The highest BCUT2D eigenvalue weighted by molar-refractivity contribution is 4.86. The van der Waals surface area contributed by atoms with Crippen LogP contribution in [0.2, 0.25) is 0 Å². The Bertz CT molecular complexity index is 161. The molecule has 0 aromatic heterocycles. The summed E-state index contributed by atoms with van der Waals surface area (Å²) >= 11 is 0. The van der Waals surface area contributed by atoms with E-state index in [9.17, 15) is 0 Å². The monoisotopic (exact) mass is 212 g/mol. The summed E-state index contributed by atoms with van der Waals surface area (Å²) in [6, 6.07) is 0.622. The second kappa shape index (κ2) is 5.86. The molecule has 1 unspecified atom stereocenters. The van der Waals surface area contributed by atoms with Gasteiger partial charge in [-0.2, -0.15) is 0 Å². The van der Waals surface area contributed by atoms with E-state index in [1.54, 1.807) is 0 Å². The number of rotatable bonds is 5. The Morgan fingerprint density at radius 3 is 2.00 bits per heavy atom. The lowest BCUT2D eigenvalue weighted by atomic mass is 9.74. The van der Waals surface area contributed by atoms with Crippen molar-refractivity contribution in [3.8, 4) is 0 Å². The van der Waals surface area contributed by atoms with Crippen LogP contribution in [0, 0.1) is 5.41 Å². The smallest absolute Gasteiger partial charge is 0.0215 e. The maximum absolute atomic E-state index is 5.81. The zero-order valence-corrected chi connectivity index (χ0v) is 10.8. The molecule has 0 aromatic rings. The number of nitrogens with zero attached hydrogens (tertiary/aromatic N) is 1. The van der Waals surface area contributed by atoms with Gasteiger partial charge in [-0.15, -0.1) is 0 Å². The average molecular weight is 212 g/mol. The number of likely N-dealkylation sites (tertiary alicyclic amines) is 1. The van der Waals surface area contributed by atoms with E-state index in [-0.39, 0.29) is 0 Å². The summed E-state index contributed by atoms with van der Waals surface area (Å²) in [4.78, 5) is 2.60. The second-order valence-corrected chi connectivity index (χ2v) is 5.04. The fraction of sp³-hybridized carbons (Fsp3) is 1.00. The first-order valence-electron chi connectivity index (χ1n) is 6.65. The third kappa shape index (κ3) is 2.94. The molecule has 0 spiro atoms. The van der Waals surface area contributed by atoms with Gasteiger partial charge in [0, 0.05) is 12.6 Å². The standard InChI is InChI=1S/C13H28N2/c1-4-12(11-14)15-9-7-13(5-2,6-3)8-10-15/h12H,4-11,14H2,1-3H3. The molecule has 1 aliphatic rings. The molecule has 1 rings (SSSR count). The van der Waals surface area contributed by atoms with Crippen molar-refractivity contribution >= 4 is 0 Å². The van der Waals surface area contributed by atoms with Crippen molar-refractivity contribution in [2.45, 2.75) is 58.9 Å². The molecule has 15 heavy (non-hydrogen) atoms. The number of piperidine rings is 1. The average Bonchev–Trinajstić information content (AvgIpc) is 2.32. The van der Waals surface area contributed by atoms with Gasteiger partial charge in [-0.25, -0.2) is 0 Å². The first kappa shape index (κ1) is 13.0. The van der Waals surface area contributed by atoms with E-state index in [1.807, 2.05) is 0 Å². The molecule has 1 heterocycles. The number of hydrogen-bond acceptors (Lipinski definition) is 2. The van der Waals surface area contributed by atoms with Crippen molar-refractivity contribution in [2.24, 2.45) is 11.1 Å². The van der Waals surface area contributed by atoms with Crippen LogP contribution in [0.1, 0.15) is 52.9 Å². The van der Waals surface area contributed by atoms with Gasteiger partial charge in [-0.3, -0.25) is 4.90 Å². The highest BCUT2D eigenvalue weighted by atomic mass is 15.2. The molecule has 0 amide bonds. The van der Waals surface area contributed by atoms with Crippen LogP contribution < -0.4 is 5.73 Å². The predicted octanol–water partition coefficient (Wildman–Crippen LogP) is 2.63. The van der Waals surface area contributed by atoms with Crippen LogP contribution in [0.15, 0.2) is 0 Å². The Kier molecular flexibility index (Phi) is 5.07. The van der Waals surface area contributed by atoms with Crippen molar-refractivity contribution in [3.05, 3.63) is 0 Å². The Hall–Kier alpha value is -0.0800. The normalized spacial score (nSPS) is 24.0. The van der Waals surface area contributed by atoms with Crippen molar-refractivity contribution in [3.63, 3.8) is 0 Å². The van der Waals surface area contributed by atoms with Crippen LogP contribution in [0.3, 0.4) is 0 Å². The predicted molar refractivity (Wildman–Crippen MR) is 67.0 cm³/mol. The van der Waals surface area contributed by atoms with Crippen LogP contribution in [-0.4, -0.2) is 30.6 Å². The quantitative estimate of drug-likeness (QED) is 0.759.